The summed E-state index contributed by atoms with van der Waals surface area (Å²) < 4.78 is 4.82. The molecule has 1 aliphatic rings. The van der Waals surface area contributed by atoms with Crippen molar-refractivity contribution in [2.45, 2.75) is 39.4 Å². The van der Waals surface area contributed by atoms with E-state index >= 15 is 0 Å². The number of carbonyl (C=O) groups is 1. The van der Waals surface area contributed by atoms with Crippen LogP contribution in [0.15, 0.2) is 10.8 Å². The van der Waals surface area contributed by atoms with Crippen molar-refractivity contribution in [1.29, 1.82) is 0 Å². The number of hydrogen-bond donors (Lipinski definition) is 0. The van der Waals surface area contributed by atoms with Gasteiger partial charge in [0.1, 0.15) is 0 Å². The van der Waals surface area contributed by atoms with E-state index in [1.54, 1.807) is 0 Å². The lowest BCUT2D eigenvalue weighted by molar-refractivity contribution is -0.141. The molecule has 0 saturated carbocycles. The van der Waals surface area contributed by atoms with E-state index in [9.17, 15) is 4.79 Å². The van der Waals surface area contributed by atoms with Gasteiger partial charge >= 0.3 is 5.97 Å². The van der Waals surface area contributed by atoms with Crippen molar-refractivity contribution in [1.82, 2.24) is 0 Å². The maximum Gasteiger partial charge on any atom is 0.316 e. The van der Waals surface area contributed by atoms with E-state index in [1.807, 2.05) is 0 Å². The molecule has 1 rings (SSSR count). The van der Waals surface area contributed by atoms with Crippen LogP contribution in [-0.2, 0) is 9.53 Å². The fraction of sp³-hybridized carbons (Fsp3) is 0.727. The Morgan fingerprint density at radius 1 is 1.43 bits per heavy atom. The first-order valence-electron chi connectivity index (χ1n) is 5.24. The Labute approximate surface area is 87.3 Å². The van der Waals surface area contributed by atoms with E-state index in [-0.39, 0.29) is 11.9 Å². The zero-order chi connectivity index (χ0) is 10.9. The minimum absolute atomic E-state index is 0.0501. The highest BCUT2D eigenvalue weighted by Crippen LogP contribution is 2.48. The van der Waals surface area contributed by atoms with Crippen LogP contribution in [0.4, 0.5) is 0 Å². The standard InChI is InChI=1S/C11H20O2Si/c1-6-7-8-9(11(12)13-2)10(8)14(3,4)5/h9H,6-7H2,1-5H3. The highest BCUT2D eigenvalue weighted by molar-refractivity contribution is 6.84. The van der Waals surface area contributed by atoms with Crippen molar-refractivity contribution in [3.05, 3.63) is 10.8 Å². The smallest absolute Gasteiger partial charge is 0.316 e. The molecule has 80 valence electrons. The van der Waals surface area contributed by atoms with Crippen LogP contribution in [0.25, 0.3) is 0 Å². The lowest BCUT2D eigenvalue weighted by Gasteiger charge is -2.12. The normalized spacial score (nSPS) is 21.1. The molecule has 14 heavy (non-hydrogen) atoms. The molecular formula is C11H20O2Si. The van der Waals surface area contributed by atoms with Gasteiger partial charge in [0.2, 0.25) is 0 Å². The molecule has 0 N–H and O–H groups in total. The fourth-order valence-electron chi connectivity index (χ4n) is 2.11. The van der Waals surface area contributed by atoms with Crippen molar-refractivity contribution >= 4 is 14.0 Å². The topological polar surface area (TPSA) is 26.3 Å². The summed E-state index contributed by atoms with van der Waals surface area (Å²) >= 11 is 0. The van der Waals surface area contributed by atoms with Gasteiger partial charge in [-0.15, -0.1) is 0 Å². The first kappa shape index (κ1) is 11.5. The molecule has 0 bridgehead atoms. The molecule has 1 unspecified atom stereocenters. The van der Waals surface area contributed by atoms with Gasteiger partial charge in [-0.3, -0.25) is 4.79 Å². The third-order valence-corrected chi connectivity index (χ3v) is 4.89. The molecule has 0 saturated heterocycles. The maximum atomic E-state index is 11.5. The predicted octanol–water partition coefficient (Wildman–Crippen LogP) is 2.76. The Hall–Kier alpha value is -0.573. The Kier molecular flexibility index (Phi) is 3.19. The number of hydrogen-bond acceptors (Lipinski definition) is 2. The van der Waals surface area contributed by atoms with E-state index < -0.39 is 8.07 Å². The molecule has 3 heteroatoms. The summed E-state index contributed by atoms with van der Waals surface area (Å²) in [5.74, 6) is 0.0116. The van der Waals surface area contributed by atoms with E-state index in [0.29, 0.717) is 0 Å². The lowest BCUT2D eigenvalue weighted by Crippen LogP contribution is -2.22. The van der Waals surface area contributed by atoms with Crippen molar-refractivity contribution in [2.75, 3.05) is 7.11 Å². The molecule has 0 aromatic heterocycles. The summed E-state index contributed by atoms with van der Waals surface area (Å²) in [6, 6.07) is 0. The molecule has 0 aromatic rings. The maximum absolute atomic E-state index is 11.5. The lowest BCUT2D eigenvalue weighted by atomic mass is 10.2. The Bertz CT molecular complexity index is 274. The molecule has 2 nitrogen and oxygen atoms in total. The number of methoxy groups -OCH3 is 1. The van der Waals surface area contributed by atoms with Crippen molar-refractivity contribution in [2.24, 2.45) is 5.92 Å². The minimum atomic E-state index is -1.29. The van der Waals surface area contributed by atoms with Crippen LogP contribution >= 0.6 is 0 Å². The zero-order valence-corrected chi connectivity index (χ0v) is 10.8. The quantitative estimate of drug-likeness (QED) is 0.529. The minimum Gasteiger partial charge on any atom is -0.468 e. The first-order valence-corrected chi connectivity index (χ1v) is 8.74. The molecule has 0 radical (unpaired) electrons. The van der Waals surface area contributed by atoms with Gasteiger partial charge in [0.25, 0.3) is 0 Å². The largest absolute Gasteiger partial charge is 0.468 e. The molecule has 1 atom stereocenters. The number of esters is 1. The van der Waals surface area contributed by atoms with Gasteiger partial charge in [-0.2, -0.15) is 0 Å². The monoisotopic (exact) mass is 212 g/mol. The van der Waals surface area contributed by atoms with Gasteiger partial charge in [-0.25, -0.2) is 0 Å². The third kappa shape index (κ3) is 2.08. The fourth-order valence-corrected chi connectivity index (χ4v) is 4.43. The molecule has 0 fully saturated rings. The molecule has 0 spiro atoms. The van der Waals surface area contributed by atoms with Crippen LogP contribution in [0.3, 0.4) is 0 Å². The summed E-state index contributed by atoms with van der Waals surface area (Å²) in [5.41, 5.74) is 1.37. The van der Waals surface area contributed by atoms with Gasteiger partial charge in [-0.05, 0) is 6.42 Å². The van der Waals surface area contributed by atoms with Crippen LogP contribution in [0.1, 0.15) is 19.8 Å². The second-order valence-electron chi connectivity index (χ2n) is 4.90. The van der Waals surface area contributed by atoms with Gasteiger partial charge in [0, 0.05) is 0 Å². The van der Waals surface area contributed by atoms with Crippen LogP contribution in [-0.4, -0.2) is 21.2 Å². The predicted molar refractivity (Wildman–Crippen MR) is 60.8 cm³/mol. The second-order valence-corrected chi connectivity index (χ2v) is 9.93. The van der Waals surface area contributed by atoms with Gasteiger partial charge in [0.05, 0.1) is 21.1 Å². The Morgan fingerprint density at radius 3 is 2.36 bits per heavy atom. The SMILES string of the molecule is CCCC1=C([Si](C)(C)C)C1C(=O)OC. The van der Waals surface area contributed by atoms with Gasteiger partial charge < -0.3 is 4.74 Å². The summed E-state index contributed by atoms with van der Waals surface area (Å²) in [6.07, 6.45) is 2.19. The van der Waals surface area contributed by atoms with Gasteiger partial charge in [0.15, 0.2) is 0 Å². The van der Waals surface area contributed by atoms with Crippen LogP contribution in [0, 0.1) is 5.92 Å². The van der Waals surface area contributed by atoms with E-state index in [4.69, 9.17) is 4.74 Å². The molecular weight excluding hydrogens is 192 g/mol. The number of carbonyl (C=O) groups excluding carboxylic acids is 1. The number of rotatable bonds is 4. The van der Waals surface area contributed by atoms with Crippen molar-refractivity contribution in [3.63, 3.8) is 0 Å². The molecule has 0 amide bonds. The Balaban J connectivity index is 2.75. The third-order valence-electron chi connectivity index (χ3n) is 2.66. The molecule has 0 aliphatic heterocycles. The van der Waals surface area contributed by atoms with Gasteiger partial charge in [-0.1, -0.05) is 43.8 Å². The molecule has 1 aliphatic carbocycles. The second kappa shape index (κ2) is 3.89. The van der Waals surface area contributed by atoms with Crippen LogP contribution in [0.2, 0.25) is 19.6 Å². The highest BCUT2D eigenvalue weighted by Gasteiger charge is 2.47. The summed E-state index contributed by atoms with van der Waals surface area (Å²) in [5, 5.41) is 1.44. The first-order chi connectivity index (χ1) is 6.43. The summed E-state index contributed by atoms with van der Waals surface area (Å²) in [4.78, 5) is 11.5. The van der Waals surface area contributed by atoms with Crippen molar-refractivity contribution in [3.8, 4) is 0 Å². The van der Waals surface area contributed by atoms with E-state index in [1.165, 1.54) is 17.9 Å². The van der Waals surface area contributed by atoms with E-state index in [0.717, 1.165) is 12.8 Å². The van der Waals surface area contributed by atoms with E-state index in [2.05, 4.69) is 26.6 Å². The van der Waals surface area contributed by atoms with Crippen molar-refractivity contribution < 1.29 is 9.53 Å². The summed E-state index contributed by atoms with van der Waals surface area (Å²) in [6.45, 7) is 9.03. The van der Waals surface area contributed by atoms with Crippen LogP contribution < -0.4 is 0 Å². The highest BCUT2D eigenvalue weighted by atomic mass is 28.3. The summed E-state index contributed by atoms with van der Waals surface area (Å²) in [7, 11) is 0.191. The molecule has 0 aromatic carbocycles. The average Bonchev–Trinajstić information content (AvgIpc) is 2.77. The average molecular weight is 212 g/mol. The van der Waals surface area contributed by atoms with Crippen LogP contribution in [0.5, 0.6) is 0 Å². The molecule has 0 heterocycles. The zero-order valence-electron chi connectivity index (χ0n) is 9.81. The number of ether oxygens (including phenoxy) is 1. The Morgan fingerprint density at radius 2 is 2.00 bits per heavy atom.